The summed E-state index contributed by atoms with van der Waals surface area (Å²) >= 11 is 5.88. The maximum atomic E-state index is 12.1. The monoisotopic (exact) mass is 286 g/mol. The second-order valence-corrected chi connectivity index (χ2v) is 5.15. The molecule has 7 heteroatoms. The molecule has 1 aliphatic rings. The van der Waals surface area contributed by atoms with Crippen molar-refractivity contribution >= 4 is 23.5 Å². The Morgan fingerprint density at radius 3 is 2.63 bits per heavy atom. The first-order chi connectivity index (χ1) is 8.90. The van der Waals surface area contributed by atoms with Gasteiger partial charge in [0, 0.05) is 12.2 Å². The third-order valence-corrected chi connectivity index (χ3v) is 3.23. The van der Waals surface area contributed by atoms with E-state index < -0.39 is 24.0 Å². The number of aliphatic carboxylic acids is 1. The fourth-order valence-electron chi connectivity index (χ4n) is 1.89. The number of hydrogen-bond donors (Lipinski definition) is 3. The topological polar surface area (TPSA) is 91.6 Å². The Morgan fingerprint density at radius 1 is 1.53 bits per heavy atom. The molecule has 2 rings (SSSR count). The standard InChI is InChI=1S/C12H15ClN2O4/c1-6(16)10(12(18)19)14-11(17)9-4-7(13)5-15(9)8-2-3-8/h4-6,8,10,16H,2-3H2,1H3,(H,14,17)(H,18,19). The van der Waals surface area contributed by atoms with Crippen LogP contribution in [-0.2, 0) is 4.79 Å². The van der Waals surface area contributed by atoms with Crippen molar-refractivity contribution in [1.82, 2.24) is 9.88 Å². The predicted octanol–water partition coefficient (Wildman–Crippen LogP) is 1.04. The van der Waals surface area contributed by atoms with Crippen LogP contribution < -0.4 is 5.32 Å². The maximum absolute atomic E-state index is 12.1. The van der Waals surface area contributed by atoms with Crippen molar-refractivity contribution in [1.29, 1.82) is 0 Å². The summed E-state index contributed by atoms with van der Waals surface area (Å²) in [6, 6.07) is 0.410. The van der Waals surface area contributed by atoms with Gasteiger partial charge in [0.05, 0.1) is 11.1 Å². The highest BCUT2D eigenvalue weighted by molar-refractivity contribution is 6.31. The van der Waals surface area contributed by atoms with Crippen LogP contribution in [0.15, 0.2) is 12.3 Å². The van der Waals surface area contributed by atoms with Crippen LogP contribution in [0.5, 0.6) is 0 Å². The number of nitrogens with one attached hydrogen (secondary N) is 1. The summed E-state index contributed by atoms with van der Waals surface area (Å²) in [5.74, 6) is -1.83. The summed E-state index contributed by atoms with van der Waals surface area (Å²) in [5.41, 5.74) is 0.319. The van der Waals surface area contributed by atoms with Crippen molar-refractivity contribution in [2.75, 3.05) is 0 Å². The molecule has 1 saturated carbocycles. The average Bonchev–Trinajstić information content (AvgIpc) is 3.08. The molecule has 2 unspecified atom stereocenters. The van der Waals surface area contributed by atoms with Gasteiger partial charge in [-0.25, -0.2) is 4.79 Å². The number of aromatic nitrogens is 1. The Kier molecular flexibility index (Phi) is 3.82. The lowest BCUT2D eigenvalue weighted by atomic mass is 10.2. The van der Waals surface area contributed by atoms with E-state index in [9.17, 15) is 14.7 Å². The van der Waals surface area contributed by atoms with Gasteiger partial charge in [0.1, 0.15) is 5.69 Å². The van der Waals surface area contributed by atoms with Crippen LogP contribution in [0, 0.1) is 0 Å². The molecule has 1 aliphatic carbocycles. The van der Waals surface area contributed by atoms with E-state index in [1.54, 1.807) is 10.8 Å². The molecular formula is C12H15ClN2O4. The summed E-state index contributed by atoms with van der Waals surface area (Å²) in [4.78, 5) is 23.0. The first-order valence-corrected chi connectivity index (χ1v) is 6.37. The highest BCUT2D eigenvalue weighted by atomic mass is 35.5. The van der Waals surface area contributed by atoms with Gasteiger partial charge in [0.2, 0.25) is 0 Å². The van der Waals surface area contributed by atoms with Crippen LogP contribution in [-0.4, -0.2) is 38.8 Å². The lowest BCUT2D eigenvalue weighted by Gasteiger charge is -2.17. The predicted molar refractivity (Wildman–Crippen MR) is 68.3 cm³/mol. The molecule has 19 heavy (non-hydrogen) atoms. The number of aliphatic hydroxyl groups excluding tert-OH is 1. The van der Waals surface area contributed by atoms with E-state index in [0.29, 0.717) is 10.7 Å². The van der Waals surface area contributed by atoms with Crippen molar-refractivity contribution in [3.05, 3.63) is 23.0 Å². The number of aliphatic hydroxyl groups is 1. The molecular weight excluding hydrogens is 272 g/mol. The number of carbonyl (C=O) groups is 2. The molecule has 0 radical (unpaired) electrons. The second-order valence-electron chi connectivity index (χ2n) is 4.71. The zero-order chi connectivity index (χ0) is 14.2. The first kappa shape index (κ1) is 13.9. The Bertz CT molecular complexity index is 508. The SMILES string of the molecule is CC(O)C(NC(=O)c1cc(Cl)cn1C1CC1)C(=O)O. The number of nitrogens with zero attached hydrogens (tertiary/aromatic N) is 1. The van der Waals surface area contributed by atoms with Crippen molar-refractivity contribution in [3.63, 3.8) is 0 Å². The second kappa shape index (κ2) is 5.22. The lowest BCUT2D eigenvalue weighted by molar-refractivity contribution is -0.141. The molecule has 1 heterocycles. The zero-order valence-electron chi connectivity index (χ0n) is 10.3. The summed E-state index contributed by atoms with van der Waals surface area (Å²) in [5, 5.41) is 21.0. The fourth-order valence-corrected chi connectivity index (χ4v) is 2.09. The third-order valence-electron chi connectivity index (χ3n) is 3.02. The molecule has 0 aromatic carbocycles. The minimum Gasteiger partial charge on any atom is -0.480 e. The molecule has 3 N–H and O–H groups in total. The van der Waals surface area contributed by atoms with Gasteiger partial charge in [-0.3, -0.25) is 4.79 Å². The average molecular weight is 287 g/mol. The summed E-state index contributed by atoms with van der Waals surface area (Å²) < 4.78 is 1.75. The molecule has 104 valence electrons. The van der Waals surface area contributed by atoms with E-state index >= 15 is 0 Å². The normalized spacial score (nSPS) is 17.8. The van der Waals surface area contributed by atoms with Crippen molar-refractivity contribution in [3.8, 4) is 0 Å². The van der Waals surface area contributed by atoms with E-state index in [1.165, 1.54) is 13.0 Å². The Balaban J connectivity index is 2.17. The van der Waals surface area contributed by atoms with Crippen LogP contribution >= 0.6 is 11.6 Å². The van der Waals surface area contributed by atoms with Gasteiger partial charge < -0.3 is 20.1 Å². The highest BCUT2D eigenvalue weighted by Gasteiger charge is 2.30. The molecule has 0 aliphatic heterocycles. The van der Waals surface area contributed by atoms with Crippen LogP contribution in [0.2, 0.25) is 5.02 Å². The zero-order valence-corrected chi connectivity index (χ0v) is 11.1. The van der Waals surface area contributed by atoms with Gasteiger partial charge in [-0.1, -0.05) is 11.6 Å². The molecule has 6 nitrogen and oxygen atoms in total. The van der Waals surface area contributed by atoms with Gasteiger partial charge in [-0.2, -0.15) is 0 Å². The molecule has 1 aromatic heterocycles. The van der Waals surface area contributed by atoms with Crippen molar-refractivity contribution in [2.45, 2.75) is 38.0 Å². The minimum atomic E-state index is -1.34. The van der Waals surface area contributed by atoms with Crippen LogP contribution in [0.4, 0.5) is 0 Å². The molecule has 0 spiro atoms. The van der Waals surface area contributed by atoms with E-state index in [1.807, 2.05) is 0 Å². The Labute approximate surface area is 115 Å². The quantitative estimate of drug-likeness (QED) is 0.754. The molecule has 1 aromatic rings. The van der Waals surface area contributed by atoms with Crippen LogP contribution in [0.1, 0.15) is 36.3 Å². The van der Waals surface area contributed by atoms with Crippen molar-refractivity contribution in [2.24, 2.45) is 0 Å². The largest absolute Gasteiger partial charge is 0.480 e. The summed E-state index contributed by atoms with van der Waals surface area (Å²) in [6.45, 7) is 1.31. The molecule has 0 bridgehead atoms. The van der Waals surface area contributed by atoms with E-state index in [4.69, 9.17) is 16.7 Å². The number of carboxylic acids is 1. The molecule has 1 fully saturated rings. The van der Waals surface area contributed by atoms with Gasteiger partial charge >= 0.3 is 5.97 Å². The third kappa shape index (κ3) is 3.08. The van der Waals surface area contributed by atoms with Gasteiger partial charge in [-0.15, -0.1) is 0 Å². The molecule has 2 atom stereocenters. The molecule has 0 saturated heterocycles. The summed E-state index contributed by atoms with van der Waals surface area (Å²) in [7, 11) is 0. The Hall–Kier alpha value is -1.53. The fraction of sp³-hybridized carbons (Fsp3) is 0.500. The lowest BCUT2D eigenvalue weighted by Crippen LogP contribution is -2.48. The smallest absolute Gasteiger partial charge is 0.328 e. The van der Waals surface area contributed by atoms with Crippen LogP contribution in [0.25, 0.3) is 0 Å². The Morgan fingerprint density at radius 2 is 2.16 bits per heavy atom. The summed E-state index contributed by atoms with van der Waals surface area (Å²) in [6.07, 6.45) is 2.43. The highest BCUT2D eigenvalue weighted by Crippen LogP contribution is 2.37. The number of carboxylic acid groups (broad SMARTS) is 1. The van der Waals surface area contributed by atoms with E-state index in [-0.39, 0.29) is 6.04 Å². The number of carbonyl (C=O) groups excluding carboxylic acids is 1. The minimum absolute atomic E-state index is 0.253. The van der Waals surface area contributed by atoms with E-state index in [0.717, 1.165) is 12.8 Å². The van der Waals surface area contributed by atoms with Gasteiger partial charge in [0.25, 0.3) is 5.91 Å². The van der Waals surface area contributed by atoms with Gasteiger partial charge in [0.15, 0.2) is 6.04 Å². The first-order valence-electron chi connectivity index (χ1n) is 5.99. The van der Waals surface area contributed by atoms with Crippen LogP contribution in [0.3, 0.4) is 0 Å². The maximum Gasteiger partial charge on any atom is 0.328 e. The number of hydrogen-bond acceptors (Lipinski definition) is 3. The number of amides is 1. The number of rotatable bonds is 5. The number of halogens is 1. The van der Waals surface area contributed by atoms with Crippen molar-refractivity contribution < 1.29 is 19.8 Å². The molecule has 1 amide bonds. The van der Waals surface area contributed by atoms with E-state index in [2.05, 4.69) is 5.32 Å². The van der Waals surface area contributed by atoms with Gasteiger partial charge in [-0.05, 0) is 25.8 Å².